The van der Waals surface area contributed by atoms with Crippen LogP contribution in [-0.2, 0) is 9.59 Å². The smallest absolute Gasteiger partial charge is 0.255 e. The largest absolute Gasteiger partial charge is 0.322 e. The van der Waals surface area contributed by atoms with E-state index in [9.17, 15) is 14.4 Å². The number of carbonyl (C=O) groups is 3. The Bertz CT molecular complexity index is 1450. The highest BCUT2D eigenvalue weighted by Gasteiger charge is 2.61. The zero-order valence-electron chi connectivity index (χ0n) is 19.3. The Labute approximate surface area is 208 Å². The van der Waals surface area contributed by atoms with E-state index in [0.717, 1.165) is 22.3 Å². The fourth-order valence-electron chi connectivity index (χ4n) is 6.45. The Morgan fingerprint density at radius 2 is 1.11 bits per heavy atom. The Kier molecular flexibility index (Phi) is 4.48. The van der Waals surface area contributed by atoms with E-state index >= 15 is 0 Å². The van der Waals surface area contributed by atoms with Gasteiger partial charge < -0.3 is 5.32 Å². The molecule has 2 atom stereocenters. The summed E-state index contributed by atoms with van der Waals surface area (Å²) >= 11 is 0. The van der Waals surface area contributed by atoms with Gasteiger partial charge in [-0.2, -0.15) is 0 Å². The molecule has 0 spiro atoms. The molecule has 0 unspecified atom stereocenters. The second-order valence-corrected chi connectivity index (χ2v) is 9.65. The van der Waals surface area contributed by atoms with Crippen LogP contribution in [0.25, 0.3) is 0 Å². The summed E-state index contributed by atoms with van der Waals surface area (Å²) in [4.78, 5) is 41.9. The van der Waals surface area contributed by atoms with Crippen LogP contribution >= 0.6 is 0 Å². The number of hydrogen-bond acceptors (Lipinski definition) is 3. The molecule has 36 heavy (non-hydrogen) atoms. The van der Waals surface area contributed by atoms with Crippen LogP contribution in [0.2, 0.25) is 0 Å². The molecule has 3 aliphatic carbocycles. The molecule has 1 N–H and O–H groups in total. The van der Waals surface area contributed by atoms with Crippen molar-refractivity contribution in [1.82, 2.24) is 0 Å². The molecular formula is C31H22N2O3. The number of nitrogens with zero attached hydrogens (tertiary/aromatic N) is 1. The molecule has 4 aromatic rings. The van der Waals surface area contributed by atoms with Crippen LogP contribution in [0.3, 0.4) is 0 Å². The predicted octanol–water partition coefficient (Wildman–Crippen LogP) is 5.34. The van der Waals surface area contributed by atoms with E-state index in [1.54, 1.807) is 48.5 Å². The van der Waals surface area contributed by atoms with E-state index in [0.29, 0.717) is 16.9 Å². The van der Waals surface area contributed by atoms with Crippen molar-refractivity contribution in [3.05, 3.63) is 131 Å². The van der Waals surface area contributed by atoms with Crippen LogP contribution in [0.1, 0.15) is 44.4 Å². The number of rotatable bonds is 3. The number of benzene rings is 4. The third kappa shape index (κ3) is 2.86. The van der Waals surface area contributed by atoms with Gasteiger partial charge in [-0.3, -0.25) is 14.4 Å². The monoisotopic (exact) mass is 470 g/mol. The van der Waals surface area contributed by atoms with Crippen LogP contribution in [0.4, 0.5) is 11.4 Å². The lowest BCUT2D eigenvalue weighted by atomic mass is 9.55. The first-order valence-corrected chi connectivity index (χ1v) is 12.2. The van der Waals surface area contributed by atoms with E-state index in [1.165, 1.54) is 4.90 Å². The Morgan fingerprint density at radius 1 is 0.611 bits per heavy atom. The second-order valence-electron chi connectivity index (χ2n) is 9.65. The minimum atomic E-state index is -0.435. The van der Waals surface area contributed by atoms with Gasteiger partial charge in [0.2, 0.25) is 11.8 Å². The quantitative estimate of drug-likeness (QED) is 0.411. The summed E-state index contributed by atoms with van der Waals surface area (Å²) in [5.74, 6) is -1.75. The lowest BCUT2D eigenvalue weighted by Crippen LogP contribution is -2.41. The first-order chi connectivity index (χ1) is 17.6. The maximum atomic E-state index is 13.9. The van der Waals surface area contributed by atoms with E-state index < -0.39 is 11.8 Å². The average Bonchev–Trinajstić information content (AvgIpc) is 3.19. The molecule has 4 aliphatic rings. The molecule has 2 bridgehead atoms. The van der Waals surface area contributed by atoms with Gasteiger partial charge in [-0.05, 0) is 52.6 Å². The van der Waals surface area contributed by atoms with Crippen molar-refractivity contribution in [2.45, 2.75) is 11.8 Å². The zero-order valence-corrected chi connectivity index (χ0v) is 19.3. The van der Waals surface area contributed by atoms with Crippen LogP contribution in [0.15, 0.2) is 103 Å². The van der Waals surface area contributed by atoms with E-state index in [4.69, 9.17) is 0 Å². The SMILES string of the molecule is O=C(Nc1cccc(N2C(=O)[C@@H]3C4c5ccccc5C(c5ccccc54)[C@@H]3C2=O)c1)c1ccccc1. The molecule has 1 fully saturated rings. The van der Waals surface area contributed by atoms with Gasteiger partial charge in [0.15, 0.2) is 0 Å². The van der Waals surface area contributed by atoms with Crippen molar-refractivity contribution >= 4 is 29.1 Å². The van der Waals surface area contributed by atoms with Crippen LogP contribution in [-0.4, -0.2) is 17.7 Å². The second kappa shape index (κ2) is 7.75. The summed E-state index contributed by atoms with van der Waals surface area (Å²) in [6, 6.07) is 32.3. The minimum absolute atomic E-state index is 0.144. The van der Waals surface area contributed by atoms with Crippen LogP contribution < -0.4 is 10.2 Å². The maximum Gasteiger partial charge on any atom is 0.255 e. The number of amides is 3. The molecule has 5 heteroatoms. The van der Waals surface area contributed by atoms with E-state index in [2.05, 4.69) is 29.6 Å². The first kappa shape index (κ1) is 20.8. The Hall–Kier alpha value is -4.51. The summed E-state index contributed by atoms with van der Waals surface area (Å²) in [6.07, 6.45) is 0. The average molecular weight is 471 g/mol. The van der Waals surface area contributed by atoms with Gasteiger partial charge in [0, 0.05) is 23.1 Å². The lowest BCUT2D eigenvalue weighted by Gasteiger charge is -2.45. The maximum absolute atomic E-state index is 13.9. The summed E-state index contributed by atoms with van der Waals surface area (Å²) in [5.41, 5.74) is 6.14. The Morgan fingerprint density at radius 3 is 1.64 bits per heavy atom. The normalized spacial score (nSPS) is 23.2. The Balaban J connectivity index is 1.27. The standard InChI is InChI=1S/C31H22N2O3/c34-29(18-9-2-1-3-10-18)32-19-11-8-12-20(17-19)33-30(35)27-25-21-13-4-5-14-22(21)26(28(27)31(33)36)24-16-7-6-15-23(24)25/h1-17,25-28H,(H,32,34)/t25?,26?,27-,28+. The number of hydrogen-bond donors (Lipinski definition) is 1. The lowest BCUT2D eigenvalue weighted by molar-refractivity contribution is -0.122. The molecular weight excluding hydrogens is 448 g/mol. The molecule has 0 saturated carbocycles. The zero-order chi connectivity index (χ0) is 24.4. The van der Waals surface area contributed by atoms with Gasteiger partial charge in [0.1, 0.15) is 0 Å². The van der Waals surface area contributed by atoms with Gasteiger partial charge in [0.25, 0.3) is 5.91 Å². The van der Waals surface area contributed by atoms with Gasteiger partial charge in [-0.1, -0.05) is 72.8 Å². The van der Waals surface area contributed by atoms with Crippen molar-refractivity contribution in [3.8, 4) is 0 Å². The number of carbonyl (C=O) groups excluding carboxylic acids is 3. The molecule has 1 saturated heterocycles. The van der Waals surface area contributed by atoms with Crippen molar-refractivity contribution < 1.29 is 14.4 Å². The highest BCUT2D eigenvalue weighted by molar-refractivity contribution is 6.23. The van der Waals surface area contributed by atoms with Gasteiger partial charge in [0.05, 0.1) is 17.5 Å². The molecule has 1 aliphatic heterocycles. The topological polar surface area (TPSA) is 66.5 Å². The van der Waals surface area contributed by atoms with Crippen LogP contribution in [0, 0.1) is 11.8 Å². The van der Waals surface area contributed by atoms with E-state index in [-0.39, 0.29) is 29.6 Å². The molecule has 3 amide bonds. The fourth-order valence-corrected chi connectivity index (χ4v) is 6.45. The molecule has 1 heterocycles. The van der Waals surface area contributed by atoms with Crippen LogP contribution in [0.5, 0.6) is 0 Å². The molecule has 8 rings (SSSR count). The first-order valence-electron chi connectivity index (χ1n) is 12.2. The molecule has 4 aromatic carbocycles. The fraction of sp³-hybridized carbons (Fsp3) is 0.129. The molecule has 174 valence electrons. The van der Waals surface area contributed by atoms with Gasteiger partial charge in [-0.25, -0.2) is 4.90 Å². The van der Waals surface area contributed by atoms with Gasteiger partial charge in [-0.15, -0.1) is 0 Å². The van der Waals surface area contributed by atoms with Crippen molar-refractivity contribution in [1.29, 1.82) is 0 Å². The van der Waals surface area contributed by atoms with Gasteiger partial charge >= 0.3 is 0 Å². The summed E-state index contributed by atoms with van der Waals surface area (Å²) in [7, 11) is 0. The molecule has 0 aromatic heterocycles. The summed E-state index contributed by atoms with van der Waals surface area (Å²) < 4.78 is 0. The third-order valence-electron chi connectivity index (χ3n) is 7.85. The number of anilines is 2. The van der Waals surface area contributed by atoms with Crippen molar-refractivity contribution in [3.63, 3.8) is 0 Å². The van der Waals surface area contributed by atoms with E-state index in [1.807, 2.05) is 30.3 Å². The van der Waals surface area contributed by atoms with Crippen molar-refractivity contribution in [2.24, 2.45) is 11.8 Å². The predicted molar refractivity (Wildman–Crippen MR) is 137 cm³/mol. The minimum Gasteiger partial charge on any atom is -0.322 e. The number of nitrogens with one attached hydrogen (secondary N) is 1. The molecule has 0 radical (unpaired) electrons. The third-order valence-corrected chi connectivity index (χ3v) is 7.85. The summed E-state index contributed by atoms with van der Waals surface area (Å²) in [6.45, 7) is 0. The highest BCUT2D eigenvalue weighted by Crippen LogP contribution is 2.61. The highest BCUT2D eigenvalue weighted by atomic mass is 16.2. The number of imide groups is 1. The van der Waals surface area contributed by atoms with Crippen molar-refractivity contribution in [2.75, 3.05) is 10.2 Å². The summed E-state index contributed by atoms with van der Waals surface area (Å²) in [5, 5.41) is 2.88. The molecule has 5 nitrogen and oxygen atoms in total.